The van der Waals surface area contributed by atoms with E-state index >= 15 is 0 Å². The zero-order chi connectivity index (χ0) is 29.4. The van der Waals surface area contributed by atoms with E-state index in [4.69, 9.17) is 19.5 Å². The van der Waals surface area contributed by atoms with Gasteiger partial charge in [-0.1, -0.05) is 5.16 Å². The number of carboxylic acid groups (broad SMARTS) is 1. The van der Waals surface area contributed by atoms with Crippen LogP contribution in [0.3, 0.4) is 0 Å². The lowest BCUT2D eigenvalue weighted by atomic mass is 10.00. The Bertz CT molecular complexity index is 1250. The lowest BCUT2D eigenvalue weighted by Crippen LogP contribution is -2.71. The van der Waals surface area contributed by atoms with Gasteiger partial charge in [0, 0.05) is 5.38 Å². The molecule has 2 aliphatic rings. The zero-order valence-electron chi connectivity index (χ0n) is 20.6. The van der Waals surface area contributed by atoms with Gasteiger partial charge in [-0.15, -0.1) is 11.3 Å². The van der Waals surface area contributed by atoms with E-state index in [2.05, 4.69) is 15.5 Å². The molecule has 3 rings (SSSR count). The number of nitrogens with zero attached hydrogens (tertiary/aromatic N) is 3. The molecule has 7 atom stereocenters. The fraction of sp³-hybridized carbons (Fsp3) is 0.632. The number of rotatable bonds is 10. The molecule has 5 unspecified atom stereocenters. The van der Waals surface area contributed by atoms with Gasteiger partial charge in [0.2, 0.25) is 5.60 Å². The van der Waals surface area contributed by atoms with Crippen molar-refractivity contribution in [3.8, 4) is 0 Å². The van der Waals surface area contributed by atoms with Crippen molar-refractivity contribution in [1.29, 1.82) is 0 Å². The monoisotopic (exact) mass is 597 g/mol. The highest BCUT2D eigenvalue weighted by Gasteiger charge is 2.53. The molecule has 0 aliphatic carbocycles. The van der Waals surface area contributed by atoms with E-state index in [0.717, 1.165) is 11.3 Å². The Balaban J connectivity index is 1.69. The van der Waals surface area contributed by atoms with Crippen molar-refractivity contribution >= 4 is 50.3 Å². The molecule has 2 aliphatic heterocycles. The first-order valence-corrected chi connectivity index (χ1v) is 13.3. The Hall–Kier alpha value is -2.98. The van der Waals surface area contributed by atoms with E-state index in [1.54, 1.807) is 0 Å². The molecule has 2 amide bonds. The molecular weight excluding hydrogens is 570 g/mol. The second-order valence-corrected chi connectivity index (χ2v) is 11.4. The molecule has 0 spiro atoms. The number of hydrogen-bond donors (Lipinski definition) is 7. The van der Waals surface area contributed by atoms with Crippen LogP contribution in [0.15, 0.2) is 10.5 Å². The lowest BCUT2D eigenvalue weighted by Gasteiger charge is -2.43. The van der Waals surface area contributed by atoms with Gasteiger partial charge >= 0.3 is 16.3 Å². The quantitative estimate of drug-likeness (QED) is 0.0770. The third kappa shape index (κ3) is 6.27. The summed E-state index contributed by atoms with van der Waals surface area (Å²) in [6.07, 6.45) is -9.03. The molecule has 0 radical (unpaired) electrons. The van der Waals surface area contributed by atoms with Crippen LogP contribution >= 0.6 is 11.3 Å². The molecule has 0 bridgehead atoms. The molecule has 1 aromatic rings. The number of aromatic nitrogens is 1. The molecule has 1 aromatic heterocycles. The van der Waals surface area contributed by atoms with Gasteiger partial charge in [-0.05, 0) is 20.8 Å². The van der Waals surface area contributed by atoms with Crippen molar-refractivity contribution in [2.75, 3.05) is 12.3 Å². The van der Waals surface area contributed by atoms with Gasteiger partial charge in [0.1, 0.15) is 36.2 Å². The number of carbonyl (C=O) groups excluding carboxylic acids is 2. The molecule has 2 saturated heterocycles. The van der Waals surface area contributed by atoms with Crippen LogP contribution in [-0.2, 0) is 38.4 Å². The van der Waals surface area contributed by atoms with Crippen molar-refractivity contribution < 1.29 is 62.1 Å². The van der Waals surface area contributed by atoms with Gasteiger partial charge in [-0.2, -0.15) is 8.42 Å². The summed E-state index contributed by atoms with van der Waals surface area (Å²) in [5.41, 5.74) is 3.13. The number of thiazole rings is 1. The highest BCUT2D eigenvalue weighted by molar-refractivity contribution is 7.85. The molecule has 8 N–H and O–H groups in total. The Kier molecular flexibility index (Phi) is 8.82. The van der Waals surface area contributed by atoms with Gasteiger partial charge in [0.05, 0.1) is 12.6 Å². The summed E-state index contributed by atoms with van der Waals surface area (Å²) in [5.74, 6) is -3.55. The number of nitrogen functional groups attached to an aromatic ring is 1. The van der Waals surface area contributed by atoms with E-state index in [1.165, 1.54) is 26.2 Å². The highest BCUT2D eigenvalue weighted by Crippen LogP contribution is 2.27. The largest absolute Gasteiger partial charge is 0.478 e. The van der Waals surface area contributed by atoms with Crippen LogP contribution in [-0.4, -0.2) is 122 Å². The Morgan fingerprint density at radius 1 is 1.26 bits per heavy atom. The highest BCUT2D eigenvalue weighted by atomic mass is 32.2. The van der Waals surface area contributed by atoms with Gasteiger partial charge < -0.3 is 46.2 Å². The second-order valence-electron chi connectivity index (χ2n) is 9.02. The van der Waals surface area contributed by atoms with E-state index in [-0.39, 0.29) is 10.8 Å². The number of aliphatic hydroxyl groups excluding tert-OH is 4. The van der Waals surface area contributed by atoms with E-state index in [9.17, 15) is 48.3 Å². The average molecular weight is 598 g/mol. The van der Waals surface area contributed by atoms with Crippen LogP contribution in [0.1, 0.15) is 26.5 Å². The smallest absolute Gasteiger partial charge is 0.365 e. The number of aliphatic hydroxyl groups is 4. The maximum atomic E-state index is 12.9. The Morgan fingerprint density at radius 2 is 1.90 bits per heavy atom. The number of anilines is 1. The van der Waals surface area contributed by atoms with Crippen molar-refractivity contribution in [1.82, 2.24) is 14.6 Å². The lowest BCUT2D eigenvalue weighted by molar-refractivity contribution is -0.285. The normalized spacial score (nSPS) is 30.0. The number of amides is 2. The third-order valence-corrected chi connectivity index (χ3v) is 7.89. The number of carbonyl (C=O) groups is 3. The maximum Gasteiger partial charge on any atom is 0.365 e. The summed E-state index contributed by atoms with van der Waals surface area (Å²) in [7, 11) is -4.80. The number of carboxylic acids is 1. The van der Waals surface area contributed by atoms with Crippen molar-refractivity contribution in [2.24, 2.45) is 5.16 Å². The summed E-state index contributed by atoms with van der Waals surface area (Å²) in [4.78, 5) is 45.8. The Labute approximate surface area is 224 Å². The number of nitrogens with one attached hydrogen (secondary N) is 1. The number of hydrogen-bond acceptors (Lipinski definition) is 16. The fourth-order valence-electron chi connectivity index (χ4n) is 3.38. The first-order valence-electron chi connectivity index (χ1n) is 11.1. The van der Waals surface area contributed by atoms with Gasteiger partial charge in [-0.25, -0.2) is 14.1 Å². The standard InChI is InChI=1S/C19H27N5O13S2/c1-6-9(22-14(28)10(7-5-38-18(20)21-7)23-37-19(2,3)17(31)32)15(29)24(6)39(33,34)35-4-8-11(25)12(26)13(27)16(30)36-8/h5-6,8-9,11-13,16,25-27,30H,4H2,1-3H3,(H2,20,21)(H,22,28)(H,31,32)/b23-10-/t6-,8?,9-,11?,12?,13?,16?/m0/s1. The minimum Gasteiger partial charge on any atom is -0.478 e. The fourth-order valence-corrected chi connectivity index (χ4v) is 5.21. The molecular formula is C19H27N5O13S2. The Morgan fingerprint density at radius 3 is 2.44 bits per heavy atom. The van der Waals surface area contributed by atoms with Gasteiger partial charge in [-0.3, -0.25) is 13.8 Å². The molecule has 2 fully saturated rings. The molecule has 39 heavy (non-hydrogen) atoms. The molecule has 20 heteroatoms. The number of oxime groups is 1. The SMILES string of the molecule is C[C@H]1[C@H](NC(=O)/C(=N\OC(C)(C)C(=O)O)c2csc(N)n2)C(=O)N1S(=O)(=O)OCC1OC(O)C(O)C(O)C1O. The molecule has 0 saturated carbocycles. The zero-order valence-corrected chi connectivity index (χ0v) is 22.2. The van der Waals surface area contributed by atoms with Crippen molar-refractivity contribution in [3.05, 3.63) is 11.1 Å². The number of nitrogens with two attached hydrogens (primary N) is 1. The van der Waals surface area contributed by atoms with Crippen LogP contribution in [0.5, 0.6) is 0 Å². The molecule has 218 valence electrons. The summed E-state index contributed by atoms with van der Waals surface area (Å²) < 4.78 is 35.1. The van der Waals surface area contributed by atoms with Crippen LogP contribution < -0.4 is 11.1 Å². The summed E-state index contributed by atoms with van der Waals surface area (Å²) in [6, 6.07) is -2.57. The second kappa shape index (κ2) is 11.3. The third-order valence-electron chi connectivity index (χ3n) is 5.79. The first-order chi connectivity index (χ1) is 18.0. The maximum absolute atomic E-state index is 12.9. The summed E-state index contributed by atoms with van der Waals surface area (Å²) in [6.45, 7) is 2.68. The predicted octanol–water partition coefficient (Wildman–Crippen LogP) is -3.91. The van der Waals surface area contributed by atoms with Crippen molar-refractivity contribution in [2.45, 2.75) is 69.2 Å². The van der Waals surface area contributed by atoms with Crippen LogP contribution in [0.2, 0.25) is 0 Å². The van der Waals surface area contributed by atoms with Crippen molar-refractivity contribution in [3.63, 3.8) is 0 Å². The minimum atomic E-state index is -4.80. The number of aliphatic carboxylic acids is 1. The van der Waals surface area contributed by atoms with E-state index in [1.807, 2.05) is 0 Å². The van der Waals surface area contributed by atoms with Crippen LogP contribution in [0.4, 0.5) is 5.13 Å². The van der Waals surface area contributed by atoms with E-state index < -0.39 is 88.8 Å². The first kappa shape index (κ1) is 30.6. The summed E-state index contributed by atoms with van der Waals surface area (Å²) in [5, 5.41) is 55.2. The number of β-lactam (4-membered cyclic amide) rings is 1. The van der Waals surface area contributed by atoms with E-state index in [0.29, 0.717) is 4.31 Å². The van der Waals surface area contributed by atoms with Gasteiger partial charge in [0.25, 0.3) is 11.8 Å². The summed E-state index contributed by atoms with van der Waals surface area (Å²) >= 11 is 0.941. The molecule has 18 nitrogen and oxygen atoms in total. The van der Waals surface area contributed by atoms with Gasteiger partial charge in [0.15, 0.2) is 17.1 Å². The molecule has 0 aromatic carbocycles. The van der Waals surface area contributed by atoms with Crippen LogP contribution in [0.25, 0.3) is 0 Å². The average Bonchev–Trinajstić information content (AvgIpc) is 3.28. The topological polar surface area (TPSA) is 281 Å². The van der Waals surface area contributed by atoms with Crippen LogP contribution in [0, 0.1) is 0 Å². The molecule has 3 heterocycles. The number of ether oxygens (including phenoxy) is 1. The predicted molar refractivity (Wildman–Crippen MR) is 128 cm³/mol. The minimum absolute atomic E-state index is 0.0483.